The summed E-state index contributed by atoms with van der Waals surface area (Å²) in [4.78, 5) is 17.4. The van der Waals surface area contributed by atoms with Crippen LogP contribution in [0.3, 0.4) is 0 Å². The van der Waals surface area contributed by atoms with E-state index < -0.39 is 12.0 Å². The molecule has 0 amide bonds. The molecule has 1 aromatic heterocycles. The Morgan fingerprint density at radius 2 is 1.76 bits per heavy atom. The van der Waals surface area contributed by atoms with Crippen molar-refractivity contribution in [1.82, 2.24) is 15.6 Å². The summed E-state index contributed by atoms with van der Waals surface area (Å²) in [6.07, 6.45) is 4.49. The lowest BCUT2D eigenvalue weighted by Gasteiger charge is -2.39. The maximum absolute atomic E-state index is 12.6. The summed E-state index contributed by atoms with van der Waals surface area (Å²) in [5, 5.41) is 29.1. The molecule has 11 heteroatoms. The maximum atomic E-state index is 12.6. The van der Waals surface area contributed by atoms with Gasteiger partial charge < -0.3 is 45.5 Å². The molecule has 4 aromatic carbocycles. The zero-order valence-electron chi connectivity index (χ0n) is 36.4. The van der Waals surface area contributed by atoms with E-state index in [0.29, 0.717) is 42.5 Å². The number of methoxy groups -OCH3 is 1. The monoisotopic (exact) mass is 848 g/mol. The topological polar surface area (TPSA) is 157 Å². The fourth-order valence-corrected chi connectivity index (χ4v) is 11.1. The number of nitrogens with one attached hydrogen (secondary N) is 2. The van der Waals surface area contributed by atoms with Crippen LogP contribution >= 0.6 is 0 Å². The number of fused-ring (bicyclic) bond motifs is 7. The van der Waals surface area contributed by atoms with Gasteiger partial charge in [0.1, 0.15) is 47.6 Å². The highest BCUT2D eigenvalue weighted by molar-refractivity contribution is 5.84. The maximum Gasteiger partial charge on any atom is 0.302 e. The second-order valence-electron chi connectivity index (χ2n) is 17.7. The predicted octanol–water partition coefficient (Wildman–Crippen LogP) is 7.64. The van der Waals surface area contributed by atoms with Gasteiger partial charge in [0, 0.05) is 60.2 Å². The Hall–Kier alpha value is -6.22. The van der Waals surface area contributed by atoms with E-state index in [1.54, 1.807) is 19.2 Å². The van der Waals surface area contributed by atoms with E-state index in [2.05, 4.69) is 71.0 Å². The van der Waals surface area contributed by atoms with Crippen LogP contribution in [0.15, 0.2) is 78.9 Å². The Balaban J connectivity index is 1.28. The summed E-state index contributed by atoms with van der Waals surface area (Å²) < 4.78 is 25.8. The van der Waals surface area contributed by atoms with Gasteiger partial charge in [-0.25, -0.2) is 4.98 Å². The number of esters is 1. The van der Waals surface area contributed by atoms with Crippen molar-refractivity contribution in [3.05, 3.63) is 124 Å². The molecule has 4 bridgehead atoms. The van der Waals surface area contributed by atoms with E-state index in [1.165, 1.54) is 12.5 Å². The quantitative estimate of drug-likeness (QED) is 0.0621. The number of aromatic hydroxyl groups is 2. The van der Waals surface area contributed by atoms with Crippen LogP contribution in [0, 0.1) is 17.8 Å². The van der Waals surface area contributed by atoms with Gasteiger partial charge >= 0.3 is 5.97 Å². The lowest BCUT2D eigenvalue weighted by Crippen LogP contribution is -2.37. The summed E-state index contributed by atoms with van der Waals surface area (Å²) in [5.74, 6) is 8.74. The molecule has 1 fully saturated rings. The van der Waals surface area contributed by atoms with E-state index in [4.69, 9.17) is 29.7 Å². The van der Waals surface area contributed by atoms with Crippen LogP contribution in [0.4, 0.5) is 5.82 Å². The average molecular weight is 849 g/mol. The number of pyridine rings is 1. The van der Waals surface area contributed by atoms with E-state index >= 15 is 0 Å². The van der Waals surface area contributed by atoms with Gasteiger partial charge in [-0.3, -0.25) is 4.79 Å². The Morgan fingerprint density at radius 3 is 2.52 bits per heavy atom. The SMILES string of the molecule is CNCC(CNC)Oc1cc2c(cc1O)CC#Cc1nc(N)ccc1[C@H](CCc1ccccc1)[C@@H]1CC[C@@]3(Cc4cc(O)cc(OC)c4-c4ccc5c(c43)O[C@H]2[C@H]5COC(C)=O)C1. The minimum Gasteiger partial charge on any atom is -0.508 e. The number of aryl methyl sites for hydroxylation is 1. The number of carbonyl (C=O) groups excluding carboxylic acids is 1. The molecule has 0 unspecified atom stereocenters. The summed E-state index contributed by atoms with van der Waals surface area (Å²) in [6, 6.07) is 26.1. The number of aromatic nitrogens is 1. The summed E-state index contributed by atoms with van der Waals surface area (Å²) in [5.41, 5.74) is 15.7. The number of rotatable bonds is 12. The minimum atomic E-state index is -0.625. The zero-order chi connectivity index (χ0) is 43.8. The molecule has 1 saturated carbocycles. The van der Waals surface area contributed by atoms with E-state index in [1.807, 2.05) is 32.3 Å². The van der Waals surface area contributed by atoms with Crippen molar-refractivity contribution in [3.63, 3.8) is 0 Å². The Labute approximate surface area is 369 Å². The highest BCUT2D eigenvalue weighted by atomic mass is 16.5. The normalized spacial score (nSPS) is 21.4. The first-order chi connectivity index (χ1) is 30.6. The number of likely N-dealkylation sites (N-methyl/N-ethyl adjacent to an activating group) is 2. The van der Waals surface area contributed by atoms with Gasteiger partial charge in [-0.2, -0.15) is 0 Å². The number of nitrogen functional groups attached to an aromatic ring is 1. The third-order valence-corrected chi connectivity index (χ3v) is 13.7. The molecule has 0 saturated heterocycles. The van der Waals surface area contributed by atoms with Crippen molar-refractivity contribution in [1.29, 1.82) is 0 Å². The van der Waals surface area contributed by atoms with Crippen LogP contribution in [0.25, 0.3) is 11.1 Å². The molecule has 2 aliphatic heterocycles. The molecule has 4 aliphatic rings. The highest BCUT2D eigenvalue weighted by Gasteiger charge is 2.52. The number of phenols is 2. The van der Waals surface area contributed by atoms with Crippen molar-refractivity contribution in [2.45, 2.75) is 81.3 Å². The van der Waals surface area contributed by atoms with Gasteiger partial charge in [0.2, 0.25) is 0 Å². The van der Waals surface area contributed by atoms with E-state index in [9.17, 15) is 15.0 Å². The lowest BCUT2D eigenvalue weighted by atomic mass is 9.64. The largest absolute Gasteiger partial charge is 0.508 e. The molecule has 9 rings (SSSR count). The average Bonchev–Trinajstić information content (AvgIpc) is 3.85. The smallest absolute Gasteiger partial charge is 0.302 e. The van der Waals surface area contributed by atoms with Gasteiger partial charge in [0.05, 0.1) is 13.0 Å². The molecule has 63 heavy (non-hydrogen) atoms. The molecule has 5 atom stereocenters. The number of phenolic OH excluding ortho intramolecular Hbond substituents is 2. The van der Waals surface area contributed by atoms with Crippen LogP contribution in [-0.4, -0.2) is 68.2 Å². The van der Waals surface area contributed by atoms with Crippen molar-refractivity contribution in [3.8, 4) is 51.7 Å². The van der Waals surface area contributed by atoms with Crippen LogP contribution < -0.4 is 30.6 Å². The first-order valence-corrected chi connectivity index (χ1v) is 22.1. The summed E-state index contributed by atoms with van der Waals surface area (Å²) in [7, 11) is 5.37. The highest BCUT2D eigenvalue weighted by Crippen LogP contribution is 2.63. The van der Waals surface area contributed by atoms with E-state index in [-0.39, 0.29) is 53.9 Å². The van der Waals surface area contributed by atoms with Crippen LogP contribution in [0.5, 0.6) is 28.7 Å². The van der Waals surface area contributed by atoms with E-state index in [0.717, 1.165) is 82.4 Å². The van der Waals surface area contributed by atoms with Crippen molar-refractivity contribution in [2.75, 3.05) is 46.6 Å². The molecule has 1 spiro atoms. The molecular weight excluding hydrogens is 793 g/mol. The van der Waals surface area contributed by atoms with Gasteiger partial charge in [0.15, 0.2) is 11.5 Å². The van der Waals surface area contributed by atoms with Crippen molar-refractivity contribution in [2.24, 2.45) is 5.92 Å². The Kier molecular flexibility index (Phi) is 11.7. The fraction of sp³-hybridized carbons (Fsp3) is 0.385. The van der Waals surface area contributed by atoms with Crippen LogP contribution in [0.2, 0.25) is 0 Å². The first-order valence-electron chi connectivity index (χ1n) is 22.1. The van der Waals surface area contributed by atoms with Gasteiger partial charge in [-0.05, 0) is 122 Å². The summed E-state index contributed by atoms with van der Waals surface area (Å²) in [6.45, 7) is 2.59. The van der Waals surface area contributed by atoms with Gasteiger partial charge in [-0.1, -0.05) is 54.5 Å². The predicted molar refractivity (Wildman–Crippen MR) is 243 cm³/mol. The first kappa shape index (κ1) is 42.1. The molecule has 3 heterocycles. The minimum absolute atomic E-state index is 0.0120. The fourth-order valence-electron chi connectivity index (χ4n) is 11.1. The Bertz CT molecular complexity index is 2600. The Morgan fingerprint density at radius 1 is 0.968 bits per heavy atom. The number of hydrogen-bond acceptors (Lipinski definition) is 11. The van der Waals surface area contributed by atoms with Gasteiger partial charge in [0.25, 0.3) is 0 Å². The third-order valence-electron chi connectivity index (χ3n) is 13.7. The molecule has 11 nitrogen and oxygen atoms in total. The number of nitrogens with zero attached hydrogens (tertiary/aromatic N) is 1. The number of nitrogens with two attached hydrogens (primary N) is 1. The third kappa shape index (κ3) is 8.03. The van der Waals surface area contributed by atoms with Gasteiger partial charge in [-0.15, -0.1) is 0 Å². The zero-order valence-corrected chi connectivity index (χ0v) is 36.4. The standard InChI is InChI=1S/C52H56N4O7/c1-30(57)61-29-42-39-15-16-40-48-34(21-35(58)23-46(48)60-4)26-52-20-19-33(25-52)37(14-13-31-9-6-5-7-10-31)38-17-18-47(53)56-43(38)12-8-11-32-22-44(59)45(62-36(27-54-2)28-55-3)24-41(32)50(42)63-51(39)49(40)52/h5-7,9-10,15-18,21-24,33,36-37,42,50,54-55,58-59H,11,13-14,19-20,25-29H2,1-4H3,(H2,53,56)/t33-,37-,42+,50-,52+/m1/s1. The molecule has 2 aliphatic carbocycles. The lowest BCUT2D eigenvalue weighted by molar-refractivity contribution is -0.141. The second-order valence-corrected chi connectivity index (χ2v) is 17.7. The molecule has 326 valence electrons. The number of carbonyl (C=O) groups is 1. The molecule has 0 radical (unpaired) electrons. The molecule has 6 N–H and O–H groups in total. The molecular formula is C52H56N4O7. The second kappa shape index (κ2) is 17.5. The number of ether oxygens (including phenoxy) is 4. The van der Waals surface area contributed by atoms with Crippen LogP contribution in [-0.2, 0) is 34.2 Å². The number of anilines is 1. The van der Waals surface area contributed by atoms with Crippen molar-refractivity contribution < 1.29 is 34.0 Å². The number of benzene rings is 4. The molecule has 5 aromatic rings. The number of hydrogen-bond donors (Lipinski definition) is 5. The van der Waals surface area contributed by atoms with Crippen molar-refractivity contribution >= 4 is 11.8 Å². The summed E-state index contributed by atoms with van der Waals surface area (Å²) >= 11 is 0. The van der Waals surface area contributed by atoms with Crippen LogP contribution in [0.1, 0.15) is 95.2 Å².